The molecule has 1 aromatic carbocycles. The molecule has 5 nitrogen and oxygen atoms in total. The molecule has 1 aromatic rings. The van der Waals surface area contributed by atoms with Crippen LogP contribution in [-0.4, -0.2) is 27.5 Å². The molecule has 1 N–H and O–H groups in total. The van der Waals surface area contributed by atoms with Crippen LogP contribution in [-0.2, 0) is 15.3 Å². The number of esters is 1. The van der Waals surface area contributed by atoms with Crippen LogP contribution >= 0.6 is 0 Å². The minimum Gasteiger partial charge on any atom is -0.462 e. The Kier molecular flexibility index (Phi) is 7.66. The number of ether oxygens (including phenoxy) is 1. The Bertz CT molecular complexity index is 480. The van der Waals surface area contributed by atoms with E-state index in [1.165, 1.54) is 0 Å². The van der Waals surface area contributed by atoms with Crippen molar-refractivity contribution in [2.75, 3.05) is 18.5 Å². The zero-order valence-corrected chi connectivity index (χ0v) is 11.3. The number of nitrogens with one attached hydrogen (secondary N) is 1. The molecule has 0 bridgehead atoms. The molecule has 0 fully saturated rings. The smallest absolute Gasteiger partial charge is 0.462 e. The highest BCUT2D eigenvalue weighted by molar-refractivity contribution is 7.81. The van der Waals surface area contributed by atoms with Crippen molar-refractivity contribution in [1.29, 1.82) is 0 Å². The lowest BCUT2D eigenvalue weighted by atomic mass is 10.2. The van der Waals surface area contributed by atoms with Crippen LogP contribution in [0.4, 0.5) is 13.5 Å². The summed E-state index contributed by atoms with van der Waals surface area (Å²) in [6.07, 6.45) is 0. The summed E-state index contributed by atoms with van der Waals surface area (Å²) in [5.74, 6) is -0.268. The highest BCUT2D eigenvalue weighted by atomic mass is 32.3. The van der Waals surface area contributed by atoms with E-state index in [1.807, 2.05) is 19.1 Å². The maximum atomic E-state index is 11.3. The summed E-state index contributed by atoms with van der Waals surface area (Å²) in [6, 6.07) is 7.26. The van der Waals surface area contributed by atoms with Crippen molar-refractivity contribution in [2.45, 2.75) is 13.8 Å². The van der Waals surface area contributed by atoms with E-state index in [1.54, 1.807) is 19.1 Å². The molecule has 0 spiro atoms. The van der Waals surface area contributed by atoms with Crippen molar-refractivity contribution in [3.05, 3.63) is 29.8 Å². The molecule has 0 radical (unpaired) electrons. The summed E-state index contributed by atoms with van der Waals surface area (Å²) in [6.45, 7) is 5.11. The topological polar surface area (TPSA) is 72.5 Å². The molecule has 0 amide bonds. The number of rotatable bonds is 4. The third kappa shape index (κ3) is 9.95. The molecule has 1 rings (SSSR count). The molecule has 0 aromatic heterocycles. The number of halogens is 2. The van der Waals surface area contributed by atoms with E-state index in [4.69, 9.17) is 13.2 Å². The Morgan fingerprint density at radius 3 is 2.05 bits per heavy atom. The molecular weight excluding hydrogens is 280 g/mol. The number of hydrogen-bond acceptors (Lipinski definition) is 5. The predicted molar refractivity (Wildman–Crippen MR) is 67.7 cm³/mol. The third-order valence-electron chi connectivity index (χ3n) is 1.78. The summed E-state index contributed by atoms with van der Waals surface area (Å²) in [5.41, 5.74) is 1.61. The highest BCUT2D eigenvalue weighted by Gasteiger charge is 2.04. The van der Waals surface area contributed by atoms with E-state index in [0.717, 1.165) is 12.2 Å². The molecule has 0 aliphatic rings. The first kappa shape index (κ1) is 17.3. The quantitative estimate of drug-likeness (QED) is 0.682. The molecule has 0 aliphatic carbocycles. The fourth-order valence-electron chi connectivity index (χ4n) is 1.14. The molecule has 19 heavy (non-hydrogen) atoms. The van der Waals surface area contributed by atoms with Crippen LogP contribution in [0.5, 0.6) is 0 Å². The number of carbonyl (C=O) groups excluding carboxylic acids is 1. The average molecular weight is 295 g/mol. The van der Waals surface area contributed by atoms with Crippen LogP contribution < -0.4 is 5.32 Å². The minimum atomic E-state index is -5.67. The van der Waals surface area contributed by atoms with Gasteiger partial charge in [0.2, 0.25) is 0 Å². The summed E-state index contributed by atoms with van der Waals surface area (Å²) in [4.78, 5) is 11.3. The summed E-state index contributed by atoms with van der Waals surface area (Å²) < 4.78 is 41.5. The standard InChI is InChI=1S/C11H15NO2.F2O2S/c1-3-12-10-7-5-9(6-8-10)11(13)14-4-2;1-5(2,3)4/h5-8,12H,3-4H2,1-2H3;. The molecule has 0 atom stereocenters. The van der Waals surface area contributed by atoms with E-state index >= 15 is 0 Å². The van der Waals surface area contributed by atoms with Gasteiger partial charge >= 0.3 is 16.6 Å². The van der Waals surface area contributed by atoms with E-state index < -0.39 is 10.6 Å². The first-order chi connectivity index (χ1) is 8.77. The van der Waals surface area contributed by atoms with Crippen LogP contribution in [0.1, 0.15) is 24.2 Å². The third-order valence-corrected chi connectivity index (χ3v) is 1.78. The predicted octanol–water partition coefficient (Wildman–Crippen LogP) is 2.47. The number of anilines is 1. The van der Waals surface area contributed by atoms with Gasteiger partial charge in [-0.2, -0.15) is 8.42 Å². The van der Waals surface area contributed by atoms with Crippen LogP contribution in [0.15, 0.2) is 24.3 Å². The molecule has 0 aliphatic heterocycles. The second-order valence-corrected chi connectivity index (χ2v) is 3.96. The molecule has 108 valence electrons. The lowest BCUT2D eigenvalue weighted by Gasteiger charge is -2.04. The van der Waals surface area contributed by atoms with Gasteiger partial charge in [-0.05, 0) is 38.1 Å². The average Bonchev–Trinajstić information content (AvgIpc) is 2.28. The van der Waals surface area contributed by atoms with Crippen molar-refractivity contribution in [2.24, 2.45) is 0 Å². The van der Waals surface area contributed by atoms with Gasteiger partial charge in [-0.3, -0.25) is 0 Å². The minimum absolute atomic E-state index is 0.268. The first-order valence-electron chi connectivity index (χ1n) is 5.43. The Balaban J connectivity index is 0.000000555. The number of carbonyl (C=O) groups is 1. The van der Waals surface area contributed by atoms with Gasteiger partial charge < -0.3 is 10.1 Å². The number of hydrogen-bond donors (Lipinski definition) is 1. The van der Waals surface area contributed by atoms with Crippen molar-refractivity contribution in [3.8, 4) is 0 Å². The van der Waals surface area contributed by atoms with Gasteiger partial charge in [0, 0.05) is 12.2 Å². The maximum Gasteiger partial charge on any atom is 0.476 e. The van der Waals surface area contributed by atoms with Crippen LogP contribution in [0.2, 0.25) is 0 Å². The monoisotopic (exact) mass is 295 g/mol. The Hall–Kier alpha value is -1.70. The molecule has 8 heteroatoms. The van der Waals surface area contributed by atoms with Crippen LogP contribution in [0.3, 0.4) is 0 Å². The molecule has 0 saturated carbocycles. The summed E-state index contributed by atoms with van der Waals surface area (Å²) >= 11 is 0. The zero-order chi connectivity index (χ0) is 14.9. The normalized spacial score (nSPS) is 10.1. The lowest BCUT2D eigenvalue weighted by molar-refractivity contribution is 0.0526. The van der Waals surface area contributed by atoms with Gasteiger partial charge in [0.25, 0.3) is 0 Å². The molecule has 0 saturated heterocycles. The van der Waals surface area contributed by atoms with Crippen LogP contribution in [0, 0.1) is 0 Å². The molecular formula is C11H15F2NO4S. The zero-order valence-electron chi connectivity index (χ0n) is 10.5. The Morgan fingerprint density at radius 2 is 1.68 bits per heavy atom. The molecule has 0 unspecified atom stereocenters. The van der Waals surface area contributed by atoms with E-state index in [9.17, 15) is 12.6 Å². The Morgan fingerprint density at radius 1 is 1.21 bits per heavy atom. The Labute approximate surface area is 111 Å². The van der Waals surface area contributed by atoms with E-state index in [-0.39, 0.29) is 5.97 Å². The van der Waals surface area contributed by atoms with Gasteiger partial charge in [0.05, 0.1) is 12.2 Å². The second kappa shape index (κ2) is 8.41. The SMILES string of the molecule is CCNc1ccc(C(=O)OCC)cc1.O=S(=O)(F)F. The fraction of sp³-hybridized carbons (Fsp3) is 0.364. The van der Waals surface area contributed by atoms with Gasteiger partial charge in [-0.1, -0.05) is 7.77 Å². The largest absolute Gasteiger partial charge is 0.476 e. The summed E-state index contributed by atoms with van der Waals surface area (Å²) in [5, 5.41) is 3.15. The fourth-order valence-corrected chi connectivity index (χ4v) is 1.14. The van der Waals surface area contributed by atoms with Gasteiger partial charge in [0.1, 0.15) is 0 Å². The van der Waals surface area contributed by atoms with E-state index in [0.29, 0.717) is 12.2 Å². The lowest BCUT2D eigenvalue weighted by Crippen LogP contribution is -2.04. The van der Waals surface area contributed by atoms with Crippen LogP contribution in [0.25, 0.3) is 0 Å². The van der Waals surface area contributed by atoms with Gasteiger partial charge in [-0.25, -0.2) is 4.79 Å². The van der Waals surface area contributed by atoms with Crippen molar-refractivity contribution in [3.63, 3.8) is 0 Å². The van der Waals surface area contributed by atoms with Gasteiger partial charge in [-0.15, -0.1) is 0 Å². The first-order valence-corrected chi connectivity index (χ1v) is 6.71. The van der Waals surface area contributed by atoms with E-state index in [2.05, 4.69) is 5.32 Å². The van der Waals surface area contributed by atoms with Gasteiger partial charge in [0.15, 0.2) is 0 Å². The van der Waals surface area contributed by atoms with Crippen molar-refractivity contribution in [1.82, 2.24) is 0 Å². The second-order valence-electron chi connectivity index (χ2n) is 3.21. The van der Waals surface area contributed by atoms with Crippen molar-refractivity contribution >= 4 is 22.3 Å². The summed E-state index contributed by atoms with van der Waals surface area (Å²) in [7, 11) is -5.67. The number of benzene rings is 1. The molecule has 0 heterocycles. The maximum absolute atomic E-state index is 11.3. The highest BCUT2D eigenvalue weighted by Crippen LogP contribution is 2.09. The van der Waals surface area contributed by atoms with Crippen molar-refractivity contribution < 1.29 is 25.7 Å².